The summed E-state index contributed by atoms with van der Waals surface area (Å²) >= 11 is -0.170. The van der Waals surface area contributed by atoms with Crippen molar-refractivity contribution in [1.82, 2.24) is 9.55 Å². The fourth-order valence-corrected chi connectivity index (χ4v) is 3.14. The summed E-state index contributed by atoms with van der Waals surface area (Å²) in [6.45, 7) is 2.63. The van der Waals surface area contributed by atoms with Gasteiger partial charge in [-0.25, -0.2) is 4.98 Å². The highest BCUT2D eigenvalue weighted by Gasteiger charge is 2.28. The molecule has 29 heavy (non-hydrogen) atoms. The first kappa shape index (κ1) is 20.7. The highest BCUT2D eigenvalue weighted by Crippen LogP contribution is 2.36. The number of carbonyl (C=O) groups excluding carboxylic acids is 1. The van der Waals surface area contributed by atoms with Crippen molar-refractivity contribution in [3.8, 4) is 0 Å². The second-order valence-electron chi connectivity index (χ2n) is 6.24. The fraction of sp³-hybridized carbons (Fsp3) is 0.143. The van der Waals surface area contributed by atoms with Gasteiger partial charge in [0.2, 0.25) is 5.91 Å². The van der Waals surface area contributed by atoms with Crippen LogP contribution in [0.4, 0.5) is 18.9 Å². The number of thioether (sulfide) groups is 1. The van der Waals surface area contributed by atoms with Gasteiger partial charge in [0.25, 0.3) is 0 Å². The number of nitrogens with one attached hydrogen (secondary N) is 1. The number of anilines is 1. The van der Waals surface area contributed by atoms with E-state index in [0.717, 1.165) is 11.4 Å². The zero-order valence-corrected chi connectivity index (χ0v) is 16.3. The maximum absolute atomic E-state index is 12.3. The fourth-order valence-electron chi connectivity index (χ4n) is 2.60. The summed E-state index contributed by atoms with van der Waals surface area (Å²) in [5, 5.41) is 2.75. The molecule has 0 bridgehead atoms. The van der Waals surface area contributed by atoms with Crippen LogP contribution >= 0.6 is 11.8 Å². The van der Waals surface area contributed by atoms with Crippen molar-refractivity contribution in [3.05, 3.63) is 84.0 Å². The standard InChI is InChI=1S/C21H18F3N3OS/c1-15-25-12-13-27(15)14-17-2-7-18(8-3-17)26-20(28)11-6-16-4-9-19(10-5-16)29-21(22,23)24/h2-13H,14H2,1H3,(H,26,28)/b11-6+. The molecule has 0 fully saturated rings. The molecule has 8 heteroatoms. The van der Waals surface area contributed by atoms with Crippen LogP contribution in [0.2, 0.25) is 0 Å². The quantitative estimate of drug-likeness (QED) is 0.425. The largest absolute Gasteiger partial charge is 0.446 e. The predicted octanol–water partition coefficient (Wildman–Crippen LogP) is 5.50. The number of alkyl halides is 3. The second-order valence-corrected chi connectivity index (χ2v) is 7.38. The molecule has 4 nitrogen and oxygen atoms in total. The number of aromatic nitrogens is 2. The van der Waals surface area contributed by atoms with Gasteiger partial charge in [0.05, 0.1) is 0 Å². The van der Waals surface area contributed by atoms with Crippen molar-refractivity contribution in [3.63, 3.8) is 0 Å². The van der Waals surface area contributed by atoms with Crippen LogP contribution in [0.25, 0.3) is 6.08 Å². The number of halogens is 3. The molecule has 0 aliphatic rings. The van der Waals surface area contributed by atoms with E-state index in [9.17, 15) is 18.0 Å². The van der Waals surface area contributed by atoms with E-state index >= 15 is 0 Å². The van der Waals surface area contributed by atoms with Crippen LogP contribution in [0.15, 0.2) is 71.9 Å². The molecule has 1 heterocycles. The molecule has 0 saturated heterocycles. The minimum atomic E-state index is -4.32. The molecule has 3 aromatic rings. The van der Waals surface area contributed by atoms with Gasteiger partial charge in [-0.3, -0.25) is 4.79 Å². The van der Waals surface area contributed by atoms with Crippen LogP contribution in [0.1, 0.15) is 17.0 Å². The molecule has 0 unspecified atom stereocenters. The average molecular weight is 417 g/mol. The first-order chi connectivity index (χ1) is 13.8. The molecule has 2 aromatic carbocycles. The highest BCUT2D eigenvalue weighted by atomic mass is 32.2. The molecule has 0 aliphatic heterocycles. The van der Waals surface area contributed by atoms with Crippen LogP contribution in [0.3, 0.4) is 0 Å². The number of carbonyl (C=O) groups is 1. The number of aryl methyl sites for hydroxylation is 1. The van der Waals surface area contributed by atoms with Gasteiger partial charge in [-0.15, -0.1) is 0 Å². The third kappa shape index (κ3) is 6.53. The summed E-state index contributed by atoms with van der Waals surface area (Å²) in [5.41, 5.74) is -1.94. The molecule has 0 atom stereocenters. The minimum absolute atomic E-state index is 0.102. The summed E-state index contributed by atoms with van der Waals surface area (Å²) in [6.07, 6.45) is 6.55. The topological polar surface area (TPSA) is 46.9 Å². The van der Waals surface area contributed by atoms with E-state index in [1.807, 2.05) is 42.0 Å². The molecule has 0 saturated carbocycles. The zero-order valence-electron chi connectivity index (χ0n) is 15.5. The van der Waals surface area contributed by atoms with E-state index in [0.29, 0.717) is 17.8 Å². The van der Waals surface area contributed by atoms with Crippen molar-refractivity contribution >= 4 is 29.4 Å². The second kappa shape index (κ2) is 9.00. The summed E-state index contributed by atoms with van der Waals surface area (Å²) in [5.74, 6) is 0.606. The SMILES string of the molecule is Cc1nccn1Cc1ccc(NC(=O)/C=C/c2ccc(SC(F)(F)F)cc2)cc1. The highest BCUT2D eigenvalue weighted by molar-refractivity contribution is 8.00. The zero-order chi connectivity index (χ0) is 20.9. The smallest absolute Gasteiger partial charge is 0.331 e. The van der Waals surface area contributed by atoms with E-state index in [2.05, 4.69) is 10.3 Å². The van der Waals surface area contributed by atoms with E-state index in [1.165, 1.54) is 30.3 Å². The summed E-state index contributed by atoms with van der Waals surface area (Å²) in [4.78, 5) is 16.3. The Kier molecular flexibility index (Phi) is 6.43. The Morgan fingerprint density at radius 3 is 2.41 bits per heavy atom. The molecular formula is C21H18F3N3OS. The van der Waals surface area contributed by atoms with Crippen LogP contribution in [-0.4, -0.2) is 21.0 Å². The van der Waals surface area contributed by atoms with Crippen molar-refractivity contribution in [1.29, 1.82) is 0 Å². The molecule has 150 valence electrons. The lowest BCUT2D eigenvalue weighted by atomic mass is 10.2. The monoisotopic (exact) mass is 417 g/mol. The Morgan fingerprint density at radius 1 is 1.14 bits per heavy atom. The number of hydrogen-bond acceptors (Lipinski definition) is 3. The molecule has 1 N–H and O–H groups in total. The number of imidazole rings is 1. The van der Waals surface area contributed by atoms with Crippen LogP contribution < -0.4 is 5.32 Å². The number of amides is 1. The Hall–Kier alpha value is -3.00. The molecule has 0 radical (unpaired) electrons. The van der Waals surface area contributed by atoms with Gasteiger partial charge in [-0.05, 0) is 60.2 Å². The Balaban J connectivity index is 1.54. The van der Waals surface area contributed by atoms with Gasteiger partial charge in [-0.1, -0.05) is 24.3 Å². The van der Waals surface area contributed by atoms with E-state index < -0.39 is 5.51 Å². The first-order valence-electron chi connectivity index (χ1n) is 8.70. The number of benzene rings is 2. The normalized spacial score (nSPS) is 11.7. The van der Waals surface area contributed by atoms with Crippen molar-refractivity contribution in [2.24, 2.45) is 0 Å². The van der Waals surface area contributed by atoms with Gasteiger partial charge < -0.3 is 9.88 Å². The third-order valence-corrected chi connectivity index (χ3v) is 4.78. The van der Waals surface area contributed by atoms with Gasteiger partial charge in [0.15, 0.2) is 0 Å². The summed E-state index contributed by atoms with van der Waals surface area (Å²) < 4.78 is 39.0. The van der Waals surface area contributed by atoms with E-state index in [1.54, 1.807) is 12.3 Å². The summed E-state index contributed by atoms with van der Waals surface area (Å²) in [6, 6.07) is 13.3. The third-order valence-electron chi connectivity index (χ3n) is 4.04. The molecule has 3 rings (SSSR count). The average Bonchev–Trinajstić information content (AvgIpc) is 3.06. The van der Waals surface area contributed by atoms with Gasteiger partial charge in [-0.2, -0.15) is 13.2 Å². The molecule has 1 amide bonds. The number of nitrogens with zero attached hydrogens (tertiary/aromatic N) is 2. The predicted molar refractivity (Wildman–Crippen MR) is 109 cm³/mol. The molecule has 1 aromatic heterocycles. The van der Waals surface area contributed by atoms with Crippen LogP contribution in [0, 0.1) is 6.92 Å². The lowest BCUT2D eigenvalue weighted by molar-refractivity contribution is -0.111. The Bertz CT molecular complexity index is 993. The Morgan fingerprint density at radius 2 is 1.83 bits per heavy atom. The molecule has 0 aliphatic carbocycles. The summed E-state index contributed by atoms with van der Waals surface area (Å²) in [7, 11) is 0. The van der Waals surface area contributed by atoms with Gasteiger partial charge in [0, 0.05) is 35.6 Å². The number of rotatable bonds is 6. The van der Waals surface area contributed by atoms with Crippen LogP contribution in [-0.2, 0) is 11.3 Å². The van der Waals surface area contributed by atoms with Gasteiger partial charge in [0.1, 0.15) is 5.82 Å². The van der Waals surface area contributed by atoms with Crippen molar-refractivity contribution in [2.45, 2.75) is 23.9 Å². The van der Waals surface area contributed by atoms with E-state index in [4.69, 9.17) is 0 Å². The lowest BCUT2D eigenvalue weighted by Crippen LogP contribution is -2.08. The molecule has 0 spiro atoms. The first-order valence-corrected chi connectivity index (χ1v) is 9.52. The van der Waals surface area contributed by atoms with E-state index in [-0.39, 0.29) is 22.6 Å². The van der Waals surface area contributed by atoms with Crippen LogP contribution in [0.5, 0.6) is 0 Å². The number of hydrogen-bond donors (Lipinski definition) is 1. The maximum Gasteiger partial charge on any atom is 0.446 e. The molecular weight excluding hydrogens is 399 g/mol. The lowest BCUT2D eigenvalue weighted by Gasteiger charge is -2.07. The van der Waals surface area contributed by atoms with Gasteiger partial charge >= 0.3 is 5.51 Å². The van der Waals surface area contributed by atoms with Crippen molar-refractivity contribution < 1.29 is 18.0 Å². The maximum atomic E-state index is 12.3. The minimum Gasteiger partial charge on any atom is -0.331 e. The Labute approximate surface area is 170 Å². The van der Waals surface area contributed by atoms with Crippen molar-refractivity contribution in [2.75, 3.05) is 5.32 Å².